The third-order valence-electron chi connectivity index (χ3n) is 6.44. The standard InChI is InChI=1S/C29H21ClF3N5O3/c30-20-9-10-22-23(13-20)36-27(40)24(14-21-3-1-2-12-34-21)38(28(22)41)16-17-4-6-18(7-5-17)26(39)37-25-11-8-19(15-35-25)29(31,32)33/h1-13,15,24H,14,16H2,(H,36,40)(H,35,37,39)/t24-/m1/s1. The molecule has 2 aromatic heterocycles. The number of fused-ring (bicyclic) bond motifs is 1. The van der Waals surface area contributed by atoms with Crippen LogP contribution in [0.15, 0.2) is 85.2 Å². The number of carbonyl (C=O) groups excluding carboxylic acids is 3. The fraction of sp³-hybridized carbons (Fsp3) is 0.138. The lowest BCUT2D eigenvalue weighted by Gasteiger charge is -2.28. The van der Waals surface area contributed by atoms with E-state index in [1.54, 1.807) is 48.7 Å². The molecule has 2 aromatic carbocycles. The van der Waals surface area contributed by atoms with Crippen molar-refractivity contribution < 1.29 is 27.6 Å². The summed E-state index contributed by atoms with van der Waals surface area (Å²) in [5.74, 6) is -1.39. The number of alkyl halides is 3. The number of hydrogen-bond donors (Lipinski definition) is 2. The third-order valence-corrected chi connectivity index (χ3v) is 6.67. The first-order valence-corrected chi connectivity index (χ1v) is 12.7. The Labute approximate surface area is 237 Å². The lowest BCUT2D eigenvalue weighted by Crippen LogP contribution is -2.46. The van der Waals surface area contributed by atoms with Gasteiger partial charge in [-0.05, 0) is 60.2 Å². The van der Waals surface area contributed by atoms with Crippen LogP contribution in [0, 0.1) is 0 Å². The Balaban J connectivity index is 1.37. The number of aromatic nitrogens is 2. The summed E-state index contributed by atoms with van der Waals surface area (Å²) in [6.45, 7) is 0.0498. The highest BCUT2D eigenvalue weighted by Crippen LogP contribution is 2.30. The molecule has 0 bridgehead atoms. The summed E-state index contributed by atoms with van der Waals surface area (Å²) < 4.78 is 38.3. The van der Waals surface area contributed by atoms with E-state index in [2.05, 4.69) is 20.6 Å². The Kier molecular flexibility index (Phi) is 7.71. The molecule has 8 nitrogen and oxygen atoms in total. The molecule has 0 spiro atoms. The molecule has 41 heavy (non-hydrogen) atoms. The van der Waals surface area contributed by atoms with E-state index in [0.717, 1.165) is 12.1 Å². The second-order valence-electron chi connectivity index (χ2n) is 9.23. The van der Waals surface area contributed by atoms with Crippen molar-refractivity contribution in [2.45, 2.75) is 25.2 Å². The van der Waals surface area contributed by atoms with Gasteiger partial charge in [-0.15, -0.1) is 0 Å². The predicted molar refractivity (Wildman–Crippen MR) is 145 cm³/mol. The zero-order chi connectivity index (χ0) is 29.1. The van der Waals surface area contributed by atoms with Gasteiger partial charge in [0, 0.05) is 41.6 Å². The highest BCUT2D eigenvalue weighted by atomic mass is 35.5. The molecule has 3 heterocycles. The average molecular weight is 580 g/mol. The number of nitrogens with zero attached hydrogens (tertiary/aromatic N) is 3. The molecule has 3 amide bonds. The quantitative estimate of drug-likeness (QED) is 0.309. The van der Waals surface area contributed by atoms with Crippen LogP contribution in [-0.2, 0) is 23.9 Å². The molecule has 1 aliphatic rings. The first-order valence-electron chi connectivity index (χ1n) is 12.3. The van der Waals surface area contributed by atoms with E-state index < -0.39 is 29.6 Å². The van der Waals surface area contributed by atoms with Crippen LogP contribution in [0.5, 0.6) is 0 Å². The first kappa shape index (κ1) is 27.8. The van der Waals surface area contributed by atoms with Crippen molar-refractivity contribution >= 4 is 40.8 Å². The predicted octanol–water partition coefficient (Wildman–Crippen LogP) is 5.61. The molecule has 5 rings (SSSR count). The largest absolute Gasteiger partial charge is 0.417 e. The van der Waals surface area contributed by atoms with Crippen molar-refractivity contribution in [2.75, 3.05) is 10.6 Å². The molecule has 1 aliphatic heterocycles. The van der Waals surface area contributed by atoms with E-state index in [-0.39, 0.29) is 35.8 Å². The van der Waals surface area contributed by atoms with E-state index in [0.29, 0.717) is 28.2 Å². The topological polar surface area (TPSA) is 104 Å². The summed E-state index contributed by atoms with van der Waals surface area (Å²) in [4.78, 5) is 49.1. The molecule has 2 N–H and O–H groups in total. The zero-order valence-corrected chi connectivity index (χ0v) is 21.9. The monoisotopic (exact) mass is 579 g/mol. The lowest BCUT2D eigenvalue weighted by molar-refractivity contribution is -0.137. The number of rotatable bonds is 6. The number of hydrogen-bond acceptors (Lipinski definition) is 5. The Bertz CT molecular complexity index is 1600. The van der Waals surface area contributed by atoms with Gasteiger partial charge in [0.25, 0.3) is 11.8 Å². The van der Waals surface area contributed by atoms with Crippen LogP contribution in [0.1, 0.15) is 37.5 Å². The van der Waals surface area contributed by atoms with Gasteiger partial charge in [0.1, 0.15) is 11.9 Å². The maximum atomic E-state index is 13.7. The van der Waals surface area contributed by atoms with Gasteiger partial charge < -0.3 is 15.5 Å². The van der Waals surface area contributed by atoms with Crippen LogP contribution in [0.3, 0.4) is 0 Å². The highest BCUT2D eigenvalue weighted by Gasteiger charge is 2.36. The average Bonchev–Trinajstić information content (AvgIpc) is 3.03. The number of amides is 3. The molecule has 0 unspecified atom stereocenters. The van der Waals surface area contributed by atoms with Crippen molar-refractivity contribution in [2.24, 2.45) is 0 Å². The van der Waals surface area contributed by atoms with Crippen LogP contribution >= 0.6 is 11.6 Å². The summed E-state index contributed by atoms with van der Waals surface area (Å²) in [5, 5.41) is 5.63. The Hall–Kier alpha value is -4.77. The number of nitrogens with one attached hydrogen (secondary N) is 2. The van der Waals surface area contributed by atoms with E-state index in [1.807, 2.05) is 0 Å². The Morgan fingerprint density at radius 1 is 1.00 bits per heavy atom. The minimum atomic E-state index is -4.54. The van der Waals surface area contributed by atoms with E-state index in [4.69, 9.17) is 11.6 Å². The third kappa shape index (κ3) is 6.36. The molecule has 0 radical (unpaired) electrons. The maximum Gasteiger partial charge on any atom is 0.417 e. The molecule has 0 saturated heterocycles. The molecule has 208 valence electrons. The molecule has 0 fully saturated rings. The van der Waals surface area contributed by atoms with E-state index >= 15 is 0 Å². The van der Waals surface area contributed by atoms with Gasteiger partial charge >= 0.3 is 6.18 Å². The fourth-order valence-electron chi connectivity index (χ4n) is 4.34. The molecule has 4 aromatic rings. The van der Waals surface area contributed by atoms with Crippen molar-refractivity contribution in [1.29, 1.82) is 0 Å². The number of anilines is 2. The van der Waals surface area contributed by atoms with Gasteiger partial charge in [0.15, 0.2) is 0 Å². The Morgan fingerprint density at radius 3 is 2.44 bits per heavy atom. The van der Waals surface area contributed by atoms with Crippen molar-refractivity contribution in [3.63, 3.8) is 0 Å². The SMILES string of the molecule is O=C(Nc1ccc(C(F)(F)F)cn1)c1ccc(CN2C(=O)c3ccc(Cl)cc3NC(=O)[C@H]2Cc2ccccn2)cc1. The van der Waals surface area contributed by atoms with Gasteiger partial charge in [-0.1, -0.05) is 29.8 Å². The molecule has 12 heteroatoms. The zero-order valence-electron chi connectivity index (χ0n) is 21.2. The maximum absolute atomic E-state index is 13.7. The molecular formula is C29H21ClF3N5O3. The summed E-state index contributed by atoms with van der Waals surface area (Å²) in [7, 11) is 0. The minimum Gasteiger partial charge on any atom is -0.323 e. The second kappa shape index (κ2) is 11.4. The number of pyridine rings is 2. The molecule has 0 saturated carbocycles. The van der Waals surface area contributed by atoms with Gasteiger partial charge in [-0.2, -0.15) is 13.2 Å². The number of carbonyl (C=O) groups is 3. The smallest absolute Gasteiger partial charge is 0.323 e. The fourth-order valence-corrected chi connectivity index (χ4v) is 4.52. The summed E-state index contributed by atoms with van der Waals surface area (Å²) >= 11 is 6.11. The Morgan fingerprint density at radius 2 is 1.78 bits per heavy atom. The number of halogens is 4. The molecule has 0 aliphatic carbocycles. The van der Waals surface area contributed by atoms with Crippen molar-refractivity contribution in [1.82, 2.24) is 14.9 Å². The lowest BCUT2D eigenvalue weighted by atomic mass is 10.0. The summed E-state index contributed by atoms with van der Waals surface area (Å²) in [5.41, 5.74) is 1.15. The molecule has 1 atom stereocenters. The van der Waals surface area contributed by atoms with Gasteiger partial charge in [0.2, 0.25) is 5.91 Å². The van der Waals surface area contributed by atoms with E-state index in [1.165, 1.54) is 23.1 Å². The van der Waals surface area contributed by atoms with Crippen molar-refractivity contribution in [3.8, 4) is 0 Å². The normalized spacial score (nSPS) is 15.1. The van der Waals surface area contributed by atoms with E-state index in [9.17, 15) is 27.6 Å². The molecular weight excluding hydrogens is 559 g/mol. The second-order valence-corrected chi connectivity index (χ2v) is 9.67. The highest BCUT2D eigenvalue weighted by molar-refractivity contribution is 6.31. The van der Waals surface area contributed by atoms with Crippen LogP contribution in [0.2, 0.25) is 5.02 Å². The summed E-state index contributed by atoms with van der Waals surface area (Å²) in [6.07, 6.45) is -2.12. The van der Waals surface area contributed by atoms with Crippen molar-refractivity contribution in [3.05, 3.63) is 118 Å². The van der Waals surface area contributed by atoms with Crippen LogP contribution < -0.4 is 10.6 Å². The minimum absolute atomic E-state index is 0.0376. The first-order chi connectivity index (χ1) is 19.6. The number of benzene rings is 2. The van der Waals surface area contributed by atoms with Crippen LogP contribution in [0.4, 0.5) is 24.7 Å². The van der Waals surface area contributed by atoms with Crippen LogP contribution in [0.25, 0.3) is 0 Å². The van der Waals surface area contributed by atoms with Gasteiger partial charge in [0.05, 0.1) is 16.8 Å². The summed E-state index contributed by atoms with van der Waals surface area (Å²) in [6, 6.07) is 17.2. The van der Waals surface area contributed by atoms with Gasteiger partial charge in [-0.25, -0.2) is 4.98 Å². The van der Waals surface area contributed by atoms with Gasteiger partial charge in [-0.3, -0.25) is 19.4 Å². The van der Waals surface area contributed by atoms with Crippen LogP contribution in [-0.4, -0.2) is 38.6 Å².